The summed E-state index contributed by atoms with van der Waals surface area (Å²) in [6.45, 7) is 0. The van der Waals surface area contributed by atoms with Crippen LogP contribution in [0.5, 0.6) is 0 Å². The summed E-state index contributed by atoms with van der Waals surface area (Å²) in [6.07, 6.45) is 5.06. The highest BCUT2D eigenvalue weighted by molar-refractivity contribution is 6.31. The van der Waals surface area contributed by atoms with Crippen LogP contribution in [0.15, 0.2) is 23.4 Å². The van der Waals surface area contributed by atoms with Crippen molar-refractivity contribution in [2.45, 2.75) is 0 Å². The van der Waals surface area contributed by atoms with Crippen LogP contribution in [0.1, 0.15) is 0 Å². The van der Waals surface area contributed by atoms with Gasteiger partial charge in [0.25, 0.3) is 0 Å². The summed E-state index contributed by atoms with van der Waals surface area (Å²) in [5, 5.41) is 8.39. The lowest BCUT2D eigenvalue weighted by molar-refractivity contribution is 0.564. The summed E-state index contributed by atoms with van der Waals surface area (Å²) in [4.78, 5) is 1.86. The second kappa shape index (κ2) is 4.89. The fraction of sp³-hybridized carbons (Fsp3) is 0.286. The smallest absolute Gasteiger partial charge is 0.118 e. The molecule has 3 heteroatoms. The van der Waals surface area contributed by atoms with Gasteiger partial charge in [-0.3, -0.25) is 0 Å². The summed E-state index contributed by atoms with van der Waals surface area (Å²) in [6, 6.07) is 1.80. The normalized spacial score (nSPS) is 11.6. The van der Waals surface area contributed by atoms with Gasteiger partial charge in [-0.15, -0.1) is 0 Å². The van der Waals surface area contributed by atoms with Crippen molar-refractivity contribution in [1.82, 2.24) is 4.90 Å². The van der Waals surface area contributed by atoms with Crippen LogP contribution in [0.25, 0.3) is 0 Å². The highest BCUT2D eigenvalue weighted by Crippen LogP contribution is 1.97. The summed E-state index contributed by atoms with van der Waals surface area (Å²) < 4.78 is 0. The predicted molar refractivity (Wildman–Crippen MR) is 42.4 cm³/mol. The fourth-order valence-electron chi connectivity index (χ4n) is 0.337. The van der Waals surface area contributed by atoms with Crippen LogP contribution in [0.3, 0.4) is 0 Å². The zero-order valence-electron chi connectivity index (χ0n) is 6.00. The Hall–Kier alpha value is -0.940. The summed E-state index contributed by atoms with van der Waals surface area (Å²) >= 11 is 5.38. The lowest BCUT2D eigenvalue weighted by Gasteiger charge is -2.00. The molecule has 0 saturated heterocycles. The van der Waals surface area contributed by atoms with E-state index < -0.39 is 0 Å². The average Bonchev–Trinajstić information content (AvgIpc) is 1.87. The average molecular weight is 157 g/mol. The van der Waals surface area contributed by atoms with E-state index in [1.807, 2.05) is 19.0 Å². The molecule has 0 spiro atoms. The number of hydrogen-bond donors (Lipinski definition) is 0. The molecule has 0 aliphatic carbocycles. The van der Waals surface area contributed by atoms with Crippen molar-refractivity contribution in [3.8, 4) is 6.07 Å². The maximum atomic E-state index is 8.20. The van der Waals surface area contributed by atoms with E-state index in [1.54, 1.807) is 24.4 Å². The zero-order valence-corrected chi connectivity index (χ0v) is 6.76. The second-order valence-corrected chi connectivity index (χ2v) is 2.34. The van der Waals surface area contributed by atoms with Gasteiger partial charge in [-0.2, -0.15) is 5.26 Å². The molecule has 0 heterocycles. The Morgan fingerprint density at radius 2 is 2.20 bits per heavy atom. The lowest BCUT2D eigenvalue weighted by atomic mass is 10.5. The molecule has 0 bridgehead atoms. The Kier molecular flexibility index (Phi) is 4.43. The summed E-state index contributed by atoms with van der Waals surface area (Å²) in [7, 11) is 3.79. The first-order valence-electron chi connectivity index (χ1n) is 2.77. The van der Waals surface area contributed by atoms with Crippen LogP contribution in [-0.4, -0.2) is 19.0 Å². The largest absolute Gasteiger partial charge is 0.383 e. The third kappa shape index (κ3) is 5.20. The molecule has 0 amide bonds. The monoisotopic (exact) mass is 156 g/mol. The van der Waals surface area contributed by atoms with E-state index >= 15 is 0 Å². The van der Waals surface area contributed by atoms with Crippen molar-refractivity contribution >= 4 is 11.6 Å². The molecular formula is C7H9ClN2. The van der Waals surface area contributed by atoms with Gasteiger partial charge in [-0.1, -0.05) is 11.6 Å². The molecule has 0 unspecified atom stereocenters. The minimum absolute atomic E-state index is 0.193. The molecule has 0 atom stereocenters. The van der Waals surface area contributed by atoms with Gasteiger partial charge in [0.2, 0.25) is 0 Å². The number of allylic oxidation sites excluding steroid dienone is 3. The Balaban J connectivity index is 3.85. The Bertz CT molecular complexity index is 186. The van der Waals surface area contributed by atoms with E-state index in [-0.39, 0.29) is 5.03 Å². The first kappa shape index (κ1) is 9.06. The van der Waals surface area contributed by atoms with Crippen LogP contribution in [-0.2, 0) is 0 Å². The van der Waals surface area contributed by atoms with Gasteiger partial charge in [0.15, 0.2) is 0 Å². The van der Waals surface area contributed by atoms with Crippen molar-refractivity contribution in [3.05, 3.63) is 23.4 Å². The van der Waals surface area contributed by atoms with Gasteiger partial charge in [0.05, 0.1) is 0 Å². The van der Waals surface area contributed by atoms with Gasteiger partial charge in [0, 0.05) is 14.1 Å². The minimum Gasteiger partial charge on any atom is -0.383 e. The van der Waals surface area contributed by atoms with Crippen LogP contribution in [0, 0.1) is 11.3 Å². The molecule has 0 saturated carbocycles. The molecular weight excluding hydrogens is 148 g/mol. The first-order chi connectivity index (χ1) is 4.66. The number of halogens is 1. The Morgan fingerprint density at radius 3 is 2.60 bits per heavy atom. The standard InChI is InChI=1S/C7H9ClN2/c1-10(2)5-3-4-7(8)6-9/h3-5H,1-2H3/b5-3+,7-4-. The van der Waals surface area contributed by atoms with E-state index in [0.29, 0.717) is 0 Å². The molecule has 0 radical (unpaired) electrons. The van der Waals surface area contributed by atoms with E-state index in [9.17, 15) is 0 Å². The SMILES string of the molecule is CN(C)/C=C/C=C(\Cl)C#N. The van der Waals surface area contributed by atoms with Gasteiger partial charge < -0.3 is 4.90 Å². The molecule has 10 heavy (non-hydrogen) atoms. The molecule has 0 aliphatic heterocycles. The van der Waals surface area contributed by atoms with E-state index in [4.69, 9.17) is 16.9 Å². The predicted octanol–water partition coefficient (Wildman–Crippen LogP) is 1.71. The van der Waals surface area contributed by atoms with Crippen molar-refractivity contribution < 1.29 is 0 Å². The molecule has 0 aromatic heterocycles. The molecule has 0 N–H and O–H groups in total. The van der Waals surface area contributed by atoms with Crippen LogP contribution < -0.4 is 0 Å². The molecule has 2 nitrogen and oxygen atoms in total. The van der Waals surface area contributed by atoms with Gasteiger partial charge >= 0.3 is 0 Å². The highest BCUT2D eigenvalue weighted by atomic mass is 35.5. The maximum Gasteiger partial charge on any atom is 0.118 e. The Morgan fingerprint density at radius 1 is 1.60 bits per heavy atom. The second-order valence-electron chi connectivity index (χ2n) is 1.93. The minimum atomic E-state index is 0.193. The number of nitrogens with zero attached hydrogens (tertiary/aromatic N) is 2. The first-order valence-corrected chi connectivity index (χ1v) is 3.15. The summed E-state index contributed by atoms with van der Waals surface area (Å²) in [5.41, 5.74) is 0. The Labute approximate surface area is 66.0 Å². The van der Waals surface area contributed by atoms with Gasteiger partial charge in [0.1, 0.15) is 11.1 Å². The topological polar surface area (TPSA) is 27.0 Å². The van der Waals surface area contributed by atoms with E-state index in [0.717, 1.165) is 0 Å². The van der Waals surface area contributed by atoms with E-state index in [1.165, 1.54) is 0 Å². The van der Waals surface area contributed by atoms with Crippen LogP contribution >= 0.6 is 11.6 Å². The zero-order chi connectivity index (χ0) is 7.98. The van der Waals surface area contributed by atoms with Crippen molar-refractivity contribution in [2.24, 2.45) is 0 Å². The van der Waals surface area contributed by atoms with Crippen molar-refractivity contribution in [2.75, 3.05) is 14.1 Å². The third-order valence-electron chi connectivity index (χ3n) is 0.734. The summed E-state index contributed by atoms with van der Waals surface area (Å²) in [5.74, 6) is 0. The van der Waals surface area contributed by atoms with E-state index in [2.05, 4.69) is 0 Å². The molecule has 0 fully saturated rings. The number of hydrogen-bond acceptors (Lipinski definition) is 2. The van der Waals surface area contributed by atoms with Crippen molar-refractivity contribution in [3.63, 3.8) is 0 Å². The molecule has 0 aromatic rings. The van der Waals surface area contributed by atoms with Crippen molar-refractivity contribution in [1.29, 1.82) is 5.26 Å². The van der Waals surface area contributed by atoms with Crippen LogP contribution in [0.4, 0.5) is 0 Å². The maximum absolute atomic E-state index is 8.20. The number of rotatable bonds is 2. The molecule has 0 aromatic carbocycles. The molecule has 54 valence electrons. The molecule has 0 rings (SSSR count). The number of nitriles is 1. The quantitative estimate of drug-likeness (QED) is 0.450. The lowest BCUT2D eigenvalue weighted by Crippen LogP contribution is -1.99. The van der Waals surface area contributed by atoms with Crippen LogP contribution in [0.2, 0.25) is 0 Å². The van der Waals surface area contributed by atoms with Gasteiger partial charge in [-0.05, 0) is 18.4 Å². The van der Waals surface area contributed by atoms with Gasteiger partial charge in [-0.25, -0.2) is 0 Å². The third-order valence-corrected chi connectivity index (χ3v) is 0.944. The highest BCUT2D eigenvalue weighted by Gasteiger charge is 1.80. The fourth-order valence-corrected chi connectivity index (χ4v) is 0.410. The molecule has 0 aliphatic rings.